The lowest BCUT2D eigenvalue weighted by Crippen LogP contribution is -2.22. The lowest BCUT2D eigenvalue weighted by Gasteiger charge is -2.13. The molecular weight excluding hydrogens is 479 g/mol. The number of nitrogens with one attached hydrogen (secondary N) is 1. The Morgan fingerprint density at radius 3 is 2.31 bits per heavy atom. The van der Waals surface area contributed by atoms with Crippen LogP contribution in [0.1, 0.15) is 21.8 Å². The molecule has 1 aliphatic carbocycles. The van der Waals surface area contributed by atoms with Crippen LogP contribution in [0.5, 0.6) is 0 Å². The molecule has 2 amide bonds. The first kappa shape index (κ1) is 22.2. The number of amides is 2. The molecule has 0 bridgehead atoms. The third-order valence-corrected chi connectivity index (χ3v) is 6.26. The largest absolute Gasteiger partial charge is 0.326 e. The minimum atomic E-state index is -1.31. The molecule has 1 aliphatic rings. The first-order valence-electron chi connectivity index (χ1n) is 8.25. The minimum Gasteiger partial charge on any atom is -0.326 e. The van der Waals surface area contributed by atoms with Crippen LogP contribution in [0.25, 0.3) is 0 Å². The number of nitrogens with zero attached hydrogens (tertiary/aromatic N) is 2. The molecule has 0 heterocycles. The minimum absolute atomic E-state index is 0.163. The Kier molecular flexibility index (Phi) is 6.37. The summed E-state index contributed by atoms with van der Waals surface area (Å²) in [6.07, 6.45) is 0. The van der Waals surface area contributed by atoms with Crippen molar-refractivity contribution < 1.29 is 9.59 Å². The van der Waals surface area contributed by atoms with E-state index in [9.17, 15) is 9.59 Å². The second-order valence-corrected chi connectivity index (χ2v) is 9.21. The molecule has 10 heteroatoms. The highest BCUT2D eigenvalue weighted by atomic mass is 35.5. The van der Waals surface area contributed by atoms with Crippen molar-refractivity contribution >= 4 is 82.2 Å². The van der Waals surface area contributed by atoms with Crippen LogP contribution in [0.3, 0.4) is 0 Å². The van der Waals surface area contributed by atoms with E-state index in [4.69, 9.17) is 58.0 Å². The SMILES string of the molecule is C=NN(C)C(=O)c1cc(NC(=O)C2C(c3cc(Cl)cc(Cl)c3)C2(Cl)Cl)ccc1Cl. The van der Waals surface area contributed by atoms with E-state index in [1.54, 1.807) is 24.3 Å². The van der Waals surface area contributed by atoms with E-state index < -0.39 is 28.0 Å². The molecule has 0 aliphatic heterocycles. The predicted octanol–water partition coefficient (Wildman–Crippen LogP) is 5.86. The molecule has 2 aromatic carbocycles. The van der Waals surface area contributed by atoms with Gasteiger partial charge >= 0.3 is 0 Å². The second-order valence-electron chi connectivity index (χ2n) is 6.49. The molecule has 3 rings (SSSR count). The van der Waals surface area contributed by atoms with Gasteiger partial charge in [0.2, 0.25) is 5.91 Å². The van der Waals surface area contributed by atoms with Crippen LogP contribution < -0.4 is 5.32 Å². The molecule has 1 saturated carbocycles. The summed E-state index contributed by atoms with van der Waals surface area (Å²) >= 11 is 30.9. The second kappa shape index (κ2) is 8.32. The zero-order valence-corrected chi connectivity index (χ0v) is 18.7. The smallest absolute Gasteiger partial charge is 0.275 e. The number of hydrazone groups is 1. The highest BCUT2D eigenvalue weighted by molar-refractivity contribution is 6.53. The highest BCUT2D eigenvalue weighted by Crippen LogP contribution is 2.65. The fourth-order valence-electron chi connectivity index (χ4n) is 3.05. The molecule has 1 N–H and O–H groups in total. The Hall–Kier alpha value is -1.50. The van der Waals surface area contributed by atoms with Gasteiger partial charge in [-0.25, -0.2) is 5.01 Å². The molecule has 0 spiro atoms. The number of carbonyl (C=O) groups is 2. The van der Waals surface area contributed by atoms with E-state index in [1.165, 1.54) is 19.2 Å². The average molecular weight is 494 g/mol. The molecule has 1 fully saturated rings. The van der Waals surface area contributed by atoms with Crippen LogP contribution in [0, 0.1) is 5.92 Å². The summed E-state index contributed by atoms with van der Waals surface area (Å²) < 4.78 is -1.31. The van der Waals surface area contributed by atoms with Gasteiger partial charge in [0, 0.05) is 35.4 Å². The maximum atomic E-state index is 12.8. The van der Waals surface area contributed by atoms with E-state index >= 15 is 0 Å². The van der Waals surface area contributed by atoms with E-state index in [0.717, 1.165) is 5.01 Å². The van der Waals surface area contributed by atoms with E-state index in [1.807, 2.05) is 0 Å². The standard InChI is InChI=1S/C19H14Cl5N3O2/c1-25-27(2)18(29)13-8-12(3-4-14(13)22)26-17(28)16-15(19(16,23)24)9-5-10(20)7-11(21)6-9/h3-8,15-16H,1H2,2H3,(H,26,28). The van der Waals surface area contributed by atoms with Crippen LogP contribution in [0.15, 0.2) is 41.5 Å². The Morgan fingerprint density at radius 2 is 1.72 bits per heavy atom. The molecule has 0 radical (unpaired) electrons. The summed E-state index contributed by atoms with van der Waals surface area (Å²) in [6.45, 7) is 3.30. The number of carbonyl (C=O) groups excluding carboxylic acids is 2. The number of benzene rings is 2. The van der Waals surface area contributed by atoms with Crippen LogP contribution in [0.4, 0.5) is 5.69 Å². The fourth-order valence-corrected chi connectivity index (χ4v) is 4.62. The number of halogens is 5. The molecule has 0 saturated heterocycles. The van der Waals surface area contributed by atoms with Crippen LogP contribution in [-0.2, 0) is 4.79 Å². The molecule has 5 nitrogen and oxygen atoms in total. The summed E-state index contributed by atoms with van der Waals surface area (Å²) in [5.74, 6) is -2.09. The maximum Gasteiger partial charge on any atom is 0.275 e. The van der Waals surface area contributed by atoms with E-state index in [0.29, 0.717) is 21.3 Å². The predicted molar refractivity (Wildman–Crippen MR) is 119 cm³/mol. The third kappa shape index (κ3) is 4.49. The Labute approximate surface area is 192 Å². The maximum absolute atomic E-state index is 12.8. The zero-order chi connectivity index (χ0) is 21.5. The van der Waals surface area contributed by atoms with Crippen LogP contribution in [0.2, 0.25) is 15.1 Å². The number of hydrogen-bond donors (Lipinski definition) is 1. The van der Waals surface area contributed by atoms with Crippen molar-refractivity contribution in [1.29, 1.82) is 0 Å². The van der Waals surface area contributed by atoms with E-state index in [2.05, 4.69) is 17.1 Å². The van der Waals surface area contributed by atoms with Gasteiger partial charge in [0.25, 0.3) is 5.91 Å². The van der Waals surface area contributed by atoms with Crippen molar-refractivity contribution in [3.8, 4) is 0 Å². The highest BCUT2D eigenvalue weighted by Gasteiger charge is 2.67. The number of anilines is 1. The Balaban J connectivity index is 1.82. The number of rotatable bonds is 5. The van der Waals surface area contributed by atoms with Crippen LogP contribution in [-0.4, -0.2) is 34.9 Å². The molecule has 2 aromatic rings. The average Bonchev–Trinajstić information content (AvgIpc) is 3.23. The van der Waals surface area contributed by atoms with Gasteiger partial charge in [0.15, 0.2) is 0 Å². The molecule has 152 valence electrons. The van der Waals surface area contributed by atoms with Crippen LogP contribution >= 0.6 is 58.0 Å². The van der Waals surface area contributed by atoms with Gasteiger partial charge in [-0.2, -0.15) is 5.10 Å². The summed E-state index contributed by atoms with van der Waals surface area (Å²) in [7, 11) is 1.44. The topological polar surface area (TPSA) is 61.8 Å². The van der Waals surface area contributed by atoms with Gasteiger partial charge in [0.05, 0.1) is 16.5 Å². The number of hydrogen-bond acceptors (Lipinski definition) is 3. The first-order chi connectivity index (χ1) is 13.6. The third-order valence-electron chi connectivity index (χ3n) is 4.55. The van der Waals surface area contributed by atoms with Gasteiger partial charge in [0.1, 0.15) is 4.33 Å². The lowest BCUT2D eigenvalue weighted by molar-refractivity contribution is -0.117. The lowest BCUT2D eigenvalue weighted by atomic mass is 10.1. The summed E-state index contributed by atoms with van der Waals surface area (Å²) in [5, 5.41) is 8.35. The summed E-state index contributed by atoms with van der Waals surface area (Å²) in [6, 6.07) is 9.43. The van der Waals surface area contributed by atoms with Crippen molar-refractivity contribution in [3.05, 3.63) is 62.6 Å². The van der Waals surface area contributed by atoms with E-state index in [-0.39, 0.29) is 10.6 Å². The van der Waals surface area contributed by atoms with Gasteiger partial charge in [-0.3, -0.25) is 9.59 Å². The Morgan fingerprint density at radius 1 is 1.10 bits per heavy atom. The van der Waals surface area contributed by atoms with Crippen molar-refractivity contribution in [3.63, 3.8) is 0 Å². The van der Waals surface area contributed by atoms with Gasteiger partial charge in [-0.15, -0.1) is 23.2 Å². The van der Waals surface area contributed by atoms with Gasteiger partial charge < -0.3 is 5.32 Å². The van der Waals surface area contributed by atoms with Crippen molar-refractivity contribution in [2.45, 2.75) is 10.3 Å². The summed E-state index contributed by atoms with van der Waals surface area (Å²) in [4.78, 5) is 25.1. The quantitative estimate of drug-likeness (QED) is 0.322. The molecule has 29 heavy (non-hydrogen) atoms. The fraction of sp³-hybridized carbons (Fsp3) is 0.211. The molecular formula is C19H14Cl5N3O2. The van der Waals surface area contributed by atoms with Gasteiger partial charge in [-0.1, -0.05) is 34.8 Å². The Bertz CT molecular complexity index is 991. The molecule has 2 unspecified atom stereocenters. The van der Waals surface area contributed by atoms with Crippen molar-refractivity contribution in [1.82, 2.24) is 5.01 Å². The van der Waals surface area contributed by atoms with Crippen molar-refractivity contribution in [2.24, 2.45) is 11.0 Å². The molecule has 0 aromatic heterocycles. The van der Waals surface area contributed by atoms with Crippen molar-refractivity contribution in [2.75, 3.05) is 12.4 Å². The number of alkyl halides is 2. The zero-order valence-electron chi connectivity index (χ0n) is 14.9. The monoisotopic (exact) mass is 491 g/mol. The summed E-state index contributed by atoms with van der Waals surface area (Å²) in [5.41, 5.74) is 1.19. The normalized spacial score (nSPS) is 19.4. The van der Waals surface area contributed by atoms with Gasteiger partial charge in [-0.05, 0) is 42.0 Å². The molecule has 2 atom stereocenters. The first-order valence-corrected chi connectivity index (χ1v) is 10.1.